The summed E-state index contributed by atoms with van der Waals surface area (Å²) in [4.78, 5) is 7.53. The number of nitrogens with zero attached hydrogens (tertiary/aromatic N) is 2. The highest BCUT2D eigenvalue weighted by atomic mass is 32.2. The normalized spacial score (nSPS) is 13.1. The fourth-order valence-electron chi connectivity index (χ4n) is 10.5. The Hall–Kier alpha value is -7.37. The molecule has 0 saturated carbocycles. The number of para-hydroxylation sites is 3. The molecule has 296 valence electrons. The Kier molecular flexibility index (Phi) is 8.27. The van der Waals surface area contributed by atoms with E-state index in [1.54, 1.807) is 0 Å². The number of thiophene rings is 1. The smallest absolute Gasteiger partial charge is 0.0736 e. The minimum absolute atomic E-state index is 0.486. The number of anilines is 6. The molecular weight excluding hydrogens is 801 g/mol. The largest absolute Gasteiger partial charge is 0.310 e. The summed E-state index contributed by atoms with van der Waals surface area (Å²) in [6.45, 7) is 0. The SMILES string of the molecule is c1ccc(N(c2ccc3c(c2)C2(c4ccccc4Sc4ccccc42)c2ccccc2-3)c2cc(N(c3ccccc3)c3ccccc3)c3sc4c5ccccc5ccc4c3c2)cc1. The van der Waals surface area contributed by atoms with Gasteiger partial charge in [0.25, 0.3) is 0 Å². The molecule has 2 heterocycles. The van der Waals surface area contributed by atoms with Crippen molar-refractivity contribution in [2.24, 2.45) is 0 Å². The summed E-state index contributed by atoms with van der Waals surface area (Å²) in [5, 5.41) is 5.04. The number of hydrogen-bond donors (Lipinski definition) is 0. The van der Waals surface area contributed by atoms with Gasteiger partial charge in [0.15, 0.2) is 0 Å². The highest BCUT2D eigenvalue weighted by Crippen LogP contribution is 2.63. The molecular formula is C59H38N2S2. The predicted molar refractivity (Wildman–Crippen MR) is 268 cm³/mol. The molecule has 1 aliphatic heterocycles. The quantitative estimate of drug-likeness (QED) is 0.165. The van der Waals surface area contributed by atoms with Crippen LogP contribution in [0.2, 0.25) is 0 Å². The Labute approximate surface area is 375 Å². The first-order valence-corrected chi connectivity index (χ1v) is 23.1. The molecule has 4 heteroatoms. The van der Waals surface area contributed by atoms with Crippen molar-refractivity contribution in [1.82, 2.24) is 0 Å². The molecule has 2 nitrogen and oxygen atoms in total. The van der Waals surface area contributed by atoms with Gasteiger partial charge in [-0.3, -0.25) is 0 Å². The number of benzene rings is 10. The van der Waals surface area contributed by atoms with Crippen molar-refractivity contribution in [3.63, 3.8) is 0 Å². The van der Waals surface area contributed by atoms with Gasteiger partial charge in [0.05, 0.1) is 15.8 Å². The third-order valence-corrected chi connectivity index (χ3v) is 15.5. The number of hydrogen-bond acceptors (Lipinski definition) is 4. The maximum atomic E-state index is 2.50. The predicted octanol–water partition coefficient (Wildman–Crippen LogP) is 17.0. The molecule has 1 aliphatic carbocycles. The Morgan fingerprint density at radius 2 is 0.873 bits per heavy atom. The molecule has 2 aliphatic rings. The Morgan fingerprint density at radius 1 is 0.317 bits per heavy atom. The average molecular weight is 839 g/mol. The standard InChI is InChI=1S/C59H38N2S2/c1-4-19-40(20-5-1)60(43-33-35-47-46-26-12-13-27-50(46)59(53(47)37-43)51-28-14-16-30-55(51)62-56-31-17-15-29-52(56)59)44-36-49-48-34-32-39-18-10-11-25-45(39)57(48)63-58(49)54(38-44)61(41-21-6-2-7-22-41)42-23-8-3-9-24-42/h1-38H. The van der Waals surface area contributed by atoms with E-state index in [0.29, 0.717) is 0 Å². The van der Waals surface area contributed by atoms with Crippen LogP contribution < -0.4 is 9.80 Å². The summed E-state index contributed by atoms with van der Waals surface area (Å²) in [5.41, 5.74) is 14.1. The lowest BCUT2D eigenvalue weighted by atomic mass is 9.67. The van der Waals surface area contributed by atoms with Crippen molar-refractivity contribution in [2.75, 3.05) is 9.80 Å². The van der Waals surface area contributed by atoms with Crippen molar-refractivity contribution in [1.29, 1.82) is 0 Å². The van der Waals surface area contributed by atoms with Crippen LogP contribution in [0.5, 0.6) is 0 Å². The molecule has 0 bridgehead atoms. The third kappa shape index (κ3) is 5.45. The Balaban J connectivity index is 1.12. The summed E-state index contributed by atoms with van der Waals surface area (Å²) in [5.74, 6) is 0. The Bertz CT molecular complexity index is 3480. The third-order valence-electron chi connectivity index (χ3n) is 13.1. The monoisotopic (exact) mass is 838 g/mol. The highest BCUT2D eigenvalue weighted by molar-refractivity contribution is 7.99. The first kappa shape index (κ1) is 36.3. The van der Waals surface area contributed by atoms with E-state index in [4.69, 9.17) is 0 Å². The molecule has 10 aromatic carbocycles. The second-order valence-electron chi connectivity index (χ2n) is 16.4. The summed E-state index contributed by atoms with van der Waals surface area (Å²) in [6, 6.07) is 85.3. The number of fused-ring (bicyclic) bond motifs is 14. The summed E-state index contributed by atoms with van der Waals surface area (Å²) in [7, 11) is 0. The van der Waals surface area contributed by atoms with Crippen LogP contribution in [-0.4, -0.2) is 0 Å². The molecule has 0 unspecified atom stereocenters. The molecule has 63 heavy (non-hydrogen) atoms. The first-order chi connectivity index (χ1) is 31.3. The van der Waals surface area contributed by atoms with Crippen molar-refractivity contribution in [2.45, 2.75) is 15.2 Å². The van der Waals surface area contributed by atoms with Crippen LogP contribution in [-0.2, 0) is 5.41 Å². The summed E-state index contributed by atoms with van der Waals surface area (Å²) in [6.07, 6.45) is 0. The van der Waals surface area contributed by atoms with E-state index in [1.807, 2.05) is 23.1 Å². The van der Waals surface area contributed by atoms with E-state index in [2.05, 4.69) is 240 Å². The fourth-order valence-corrected chi connectivity index (χ4v) is 13.0. The lowest BCUT2D eigenvalue weighted by Gasteiger charge is -2.40. The molecule has 0 N–H and O–H groups in total. The van der Waals surface area contributed by atoms with Gasteiger partial charge in [-0.15, -0.1) is 11.3 Å². The van der Waals surface area contributed by atoms with Crippen molar-refractivity contribution in [3.05, 3.63) is 253 Å². The molecule has 0 atom stereocenters. The Morgan fingerprint density at radius 3 is 1.56 bits per heavy atom. The van der Waals surface area contributed by atoms with Gasteiger partial charge >= 0.3 is 0 Å². The van der Waals surface area contributed by atoms with E-state index in [9.17, 15) is 0 Å². The zero-order valence-corrected chi connectivity index (χ0v) is 35.8. The van der Waals surface area contributed by atoms with Crippen LogP contribution in [0.1, 0.15) is 22.3 Å². The zero-order chi connectivity index (χ0) is 41.5. The van der Waals surface area contributed by atoms with Crippen LogP contribution in [0.4, 0.5) is 34.1 Å². The second-order valence-corrected chi connectivity index (χ2v) is 18.5. The van der Waals surface area contributed by atoms with Gasteiger partial charge in [0.2, 0.25) is 0 Å². The van der Waals surface area contributed by atoms with Crippen LogP contribution in [0, 0.1) is 0 Å². The summed E-state index contributed by atoms with van der Waals surface area (Å²) < 4.78 is 2.56. The van der Waals surface area contributed by atoms with Gasteiger partial charge in [0.1, 0.15) is 0 Å². The topological polar surface area (TPSA) is 6.48 Å². The average Bonchev–Trinajstić information content (AvgIpc) is 3.87. The van der Waals surface area contributed by atoms with Crippen molar-refractivity contribution >= 4 is 88.2 Å². The van der Waals surface area contributed by atoms with Gasteiger partial charge in [-0.05, 0) is 117 Å². The lowest BCUT2D eigenvalue weighted by Crippen LogP contribution is -2.32. The highest BCUT2D eigenvalue weighted by Gasteiger charge is 2.50. The zero-order valence-electron chi connectivity index (χ0n) is 34.2. The van der Waals surface area contributed by atoms with E-state index in [0.717, 1.165) is 34.1 Å². The molecule has 0 saturated heterocycles. The van der Waals surface area contributed by atoms with Crippen molar-refractivity contribution in [3.8, 4) is 11.1 Å². The number of rotatable bonds is 6. The molecule has 1 spiro atoms. The van der Waals surface area contributed by atoms with Crippen molar-refractivity contribution < 1.29 is 0 Å². The minimum atomic E-state index is -0.486. The first-order valence-electron chi connectivity index (χ1n) is 21.5. The van der Waals surface area contributed by atoms with E-state index in [1.165, 1.54) is 74.1 Å². The molecule has 0 amide bonds. The fraction of sp³-hybridized carbons (Fsp3) is 0.0169. The maximum Gasteiger partial charge on any atom is 0.0736 e. The van der Waals surface area contributed by atoms with E-state index >= 15 is 0 Å². The maximum absolute atomic E-state index is 2.50. The van der Waals surface area contributed by atoms with Gasteiger partial charge in [-0.25, -0.2) is 0 Å². The lowest BCUT2D eigenvalue weighted by molar-refractivity contribution is 0.722. The van der Waals surface area contributed by atoms with Crippen LogP contribution in [0.25, 0.3) is 42.1 Å². The molecule has 0 radical (unpaired) electrons. The van der Waals surface area contributed by atoms with Gasteiger partial charge in [-0.2, -0.15) is 0 Å². The van der Waals surface area contributed by atoms with E-state index < -0.39 is 5.41 Å². The molecule has 13 rings (SSSR count). The van der Waals surface area contributed by atoms with Crippen LogP contribution in [0.15, 0.2) is 240 Å². The van der Waals surface area contributed by atoms with Crippen LogP contribution in [0.3, 0.4) is 0 Å². The van der Waals surface area contributed by atoms with E-state index in [-0.39, 0.29) is 0 Å². The second kappa shape index (κ2) is 14.4. The van der Waals surface area contributed by atoms with Gasteiger partial charge < -0.3 is 9.80 Å². The molecule has 1 aromatic heterocycles. The minimum Gasteiger partial charge on any atom is -0.310 e. The van der Waals surface area contributed by atoms with Gasteiger partial charge in [-0.1, -0.05) is 169 Å². The molecule has 11 aromatic rings. The van der Waals surface area contributed by atoms with Crippen LogP contribution >= 0.6 is 23.1 Å². The molecule has 0 fully saturated rings. The summed E-state index contributed by atoms with van der Waals surface area (Å²) >= 11 is 3.78. The van der Waals surface area contributed by atoms with Gasteiger partial charge in [0, 0.05) is 53.7 Å².